The maximum atomic E-state index is 14.0. The van der Waals surface area contributed by atoms with Crippen LogP contribution in [0.4, 0.5) is 59.7 Å². The maximum Gasteiger partial charge on any atom is 0.462 e. The van der Waals surface area contributed by atoms with E-state index in [0.29, 0.717) is 24.3 Å². The van der Waals surface area contributed by atoms with Crippen LogP contribution in [0.3, 0.4) is 0 Å². The Morgan fingerprint density at radius 3 is 1.66 bits per heavy atom. The lowest BCUT2D eigenvalue weighted by molar-refractivity contribution is -0.472. The third kappa shape index (κ3) is 4.65. The first-order chi connectivity index (χ1) is 12.8. The Morgan fingerprint density at radius 2 is 1.31 bits per heavy atom. The molecule has 1 rings (SSSR count). The highest BCUT2D eigenvalue weighted by Crippen LogP contribution is 2.51. The average Bonchev–Trinajstić information content (AvgIpc) is 2.52. The number of carbonyl (C=O) groups excluding carboxylic acids is 1. The van der Waals surface area contributed by atoms with E-state index in [4.69, 9.17) is 0 Å². The first kappa shape index (κ1) is 24.3. The van der Waals surface area contributed by atoms with Gasteiger partial charge >= 0.3 is 30.2 Å². The molecule has 0 saturated carbocycles. The van der Waals surface area contributed by atoms with Crippen molar-refractivity contribution < 1.29 is 62.7 Å². The summed E-state index contributed by atoms with van der Waals surface area (Å²) in [6, 6.07) is 2.07. The van der Waals surface area contributed by atoms with E-state index < -0.39 is 52.4 Å². The van der Waals surface area contributed by atoms with Gasteiger partial charge in [0.05, 0.1) is 4.92 Å². The van der Waals surface area contributed by atoms with E-state index in [0.717, 1.165) is 5.32 Å². The van der Waals surface area contributed by atoms with Crippen LogP contribution in [0, 0.1) is 10.1 Å². The summed E-state index contributed by atoms with van der Waals surface area (Å²) in [5, 5.41) is 11.3. The molecular weight excluding hydrogens is 445 g/mol. The smallest absolute Gasteiger partial charge is 0.321 e. The molecule has 0 heterocycles. The van der Waals surface area contributed by atoms with Crippen LogP contribution in [0.2, 0.25) is 0 Å². The molecule has 0 fully saturated rings. The number of nitro benzene ring substituents is 1. The molecule has 1 N–H and O–H groups in total. The second-order valence-corrected chi connectivity index (χ2v) is 5.04. The molecule has 0 bridgehead atoms. The number of carbonyl (C=O) groups is 1. The van der Waals surface area contributed by atoms with E-state index in [-0.39, 0.29) is 0 Å². The van der Waals surface area contributed by atoms with Crippen LogP contribution in [-0.2, 0) is 9.53 Å². The van der Waals surface area contributed by atoms with Crippen LogP contribution in [0.25, 0.3) is 0 Å². The number of ether oxygens (including phenoxy) is 1. The summed E-state index contributed by atoms with van der Waals surface area (Å²) < 4.78 is 142. The summed E-state index contributed by atoms with van der Waals surface area (Å²) in [5.41, 5.74) is -1.58. The normalized spacial score (nSPS) is 15.6. The molecule has 1 aromatic carbocycles. The fourth-order valence-electron chi connectivity index (χ4n) is 1.52. The second kappa shape index (κ2) is 7.27. The first-order valence-electron chi connectivity index (χ1n) is 6.60. The highest BCUT2D eigenvalue weighted by atomic mass is 19.4. The second-order valence-electron chi connectivity index (χ2n) is 5.04. The van der Waals surface area contributed by atoms with Crippen molar-refractivity contribution in [3.63, 3.8) is 0 Å². The van der Waals surface area contributed by atoms with Gasteiger partial charge in [-0.15, -0.1) is 0 Å². The fourth-order valence-corrected chi connectivity index (χ4v) is 1.52. The van der Waals surface area contributed by atoms with E-state index in [1.165, 1.54) is 0 Å². The van der Waals surface area contributed by atoms with E-state index in [1.807, 2.05) is 0 Å². The van der Waals surface area contributed by atoms with Crippen LogP contribution in [0.1, 0.15) is 0 Å². The van der Waals surface area contributed by atoms with Gasteiger partial charge in [-0.1, -0.05) is 0 Å². The third-order valence-electron chi connectivity index (χ3n) is 2.98. The number of nitrogens with one attached hydrogen (secondary N) is 1. The van der Waals surface area contributed by atoms with Gasteiger partial charge in [0, 0.05) is 17.8 Å². The molecule has 1 amide bonds. The van der Waals surface area contributed by atoms with Gasteiger partial charge in [-0.25, -0.2) is 0 Å². The standard InChI is InChI=1S/C12H5F11N2O4/c13-8(10(16,17)18,29-12(22,23)9(14,15)11(19,20)21)7(26)24-5-1-3-6(4-2-5)25(27)28/h1-4H,(H,24,26)/t8-/m0/s1. The highest BCUT2D eigenvalue weighted by Gasteiger charge is 2.79. The van der Waals surface area contributed by atoms with Crippen molar-refractivity contribution in [1.82, 2.24) is 0 Å². The van der Waals surface area contributed by atoms with Gasteiger partial charge < -0.3 is 5.32 Å². The summed E-state index contributed by atoms with van der Waals surface area (Å²) in [6.07, 6.45) is -21.2. The SMILES string of the molecule is O=C(Nc1ccc([N+](=O)[O-])cc1)[C@](F)(OC(F)(F)C(F)(F)C(F)(F)F)C(F)(F)F. The molecule has 6 nitrogen and oxygen atoms in total. The van der Waals surface area contributed by atoms with Gasteiger partial charge in [-0.3, -0.25) is 19.6 Å². The van der Waals surface area contributed by atoms with Crippen LogP contribution in [-0.4, -0.2) is 41.1 Å². The van der Waals surface area contributed by atoms with Crippen molar-refractivity contribution in [2.75, 3.05) is 5.32 Å². The van der Waals surface area contributed by atoms with Crippen LogP contribution < -0.4 is 5.32 Å². The minimum absolute atomic E-state index is 0.481. The van der Waals surface area contributed by atoms with E-state index in [9.17, 15) is 63.2 Å². The topological polar surface area (TPSA) is 81.5 Å². The summed E-state index contributed by atoms with van der Waals surface area (Å²) in [4.78, 5) is 20.8. The number of anilines is 1. The molecule has 0 radical (unpaired) electrons. The van der Waals surface area contributed by atoms with Gasteiger partial charge in [0.2, 0.25) is 0 Å². The lowest BCUT2D eigenvalue weighted by Crippen LogP contribution is -2.62. The maximum absolute atomic E-state index is 14.0. The number of hydrogen-bond acceptors (Lipinski definition) is 4. The lowest BCUT2D eigenvalue weighted by Gasteiger charge is -2.34. The number of hydrogen-bond donors (Lipinski definition) is 1. The number of rotatable bonds is 6. The Balaban J connectivity index is 3.27. The molecule has 1 atom stereocenters. The first-order valence-corrected chi connectivity index (χ1v) is 6.60. The zero-order valence-electron chi connectivity index (χ0n) is 13.0. The summed E-state index contributed by atoms with van der Waals surface area (Å²) in [6.45, 7) is 0. The van der Waals surface area contributed by atoms with Gasteiger partial charge in [-0.2, -0.15) is 48.3 Å². The zero-order valence-corrected chi connectivity index (χ0v) is 13.0. The number of nitro groups is 1. The van der Waals surface area contributed by atoms with E-state index in [2.05, 4.69) is 4.74 Å². The lowest BCUT2D eigenvalue weighted by atomic mass is 10.2. The number of amides is 1. The molecule has 0 saturated heterocycles. The molecule has 0 unspecified atom stereocenters. The number of halogens is 11. The largest absolute Gasteiger partial charge is 0.462 e. The molecule has 0 aromatic heterocycles. The Labute approximate surface area is 151 Å². The van der Waals surface area contributed by atoms with Gasteiger partial charge in [0.1, 0.15) is 0 Å². The van der Waals surface area contributed by atoms with Crippen molar-refractivity contribution in [3.05, 3.63) is 34.4 Å². The quantitative estimate of drug-likeness (QED) is 0.391. The number of benzene rings is 1. The minimum atomic E-state index is -7.31. The molecule has 1 aromatic rings. The van der Waals surface area contributed by atoms with Crippen LogP contribution in [0.5, 0.6) is 0 Å². The van der Waals surface area contributed by atoms with Crippen molar-refractivity contribution in [2.45, 2.75) is 30.2 Å². The average molecular weight is 450 g/mol. The predicted molar refractivity (Wildman–Crippen MR) is 68.7 cm³/mol. The molecule has 29 heavy (non-hydrogen) atoms. The third-order valence-corrected chi connectivity index (χ3v) is 2.98. The number of non-ortho nitro benzene ring substituents is 1. The van der Waals surface area contributed by atoms with Crippen LogP contribution in [0.15, 0.2) is 24.3 Å². The van der Waals surface area contributed by atoms with Crippen molar-refractivity contribution in [2.24, 2.45) is 0 Å². The van der Waals surface area contributed by atoms with Crippen molar-refractivity contribution >= 4 is 17.3 Å². The van der Waals surface area contributed by atoms with Gasteiger partial charge in [0.15, 0.2) is 0 Å². The Kier molecular flexibility index (Phi) is 6.10. The molecular formula is C12H5F11N2O4. The van der Waals surface area contributed by atoms with Gasteiger partial charge in [-0.05, 0) is 12.1 Å². The molecule has 0 spiro atoms. The Morgan fingerprint density at radius 1 is 0.862 bits per heavy atom. The molecule has 0 aliphatic rings. The predicted octanol–water partition coefficient (Wildman–Crippen LogP) is 4.57. The Hall–Kier alpha value is -2.72. The molecule has 17 heteroatoms. The monoisotopic (exact) mass is 450 g/mol. The van der Waals surface area contributed by atoms with Crippen molar-refractivity contribution in [3.8, 4) is 0 Å². The fraction of sp³-hybridized carbons (Fsp3) is 0.417. The molecule has 0 aliphatic carbocycles. The van der Waals surface area contributed by atoms with Gasteiger partial charge in [0.25, 0.3) is 11.6 Å². The summed E-state index contributed by atoms with van der Waals surface area (Å²) in [5.74, 6) is -16.9. The Bertz CT molecular complexity index is 776. The van der Waals surface area contributed by atoms with Crippen LogP contribution >= 0.6 is 0 Å². The highest BCUT2D eigenvalue weighted by molar-refractivity contribution is 5.97. The minimum Gasteiger partial charge on any atom is -0.321 e. The van der Waals surface area contributed by atoms with E-state index in [1.54, 1.807) is 0 Å². The van der Waals surface area contributed by atoms with Crippen molar-refractivity contribution in [1.29, 1.82) is 0 Å². The van der Waals surface area contributed by atoms with E-state index >= 15 is 0 Å². The number of nitrogens with zero attached hydrogens (tertiary/aromatic N) is 1. The summed E-state index contributed by atoms with van der Waals surface area (Å²) >= 11 is 0. The summed E-state index contributed by atoms with van der Waals surface area (Å²) in [7, 11) is 0. The molecule has 0 aliphatic heterocycles. The molecule has 164 valence electrons. The zero-order chi connectivity index (χ0) is 23.1. The number of alkyl halides is 11.